The van der Waals surface area contributed by atoms with E-state index in [1.807, 2.05) is 0 Å². The van der Waals surface area contributed by atoms with Crippen LogP contribution in [0.5, 0.6) is 0 Å². The van der Waals surface area contributed by atoms with E-state index in [1.165, 1.54) is 87.0 Å². The van der Waals surface area contributed by atoms with Gasteiger partial charge < -0.3 is 4.42 Å². The molecule has 216 valence electrons. The first kappa shape index (κ1) is 24.7. The lowest BCUT2D eigenvalue weighted by Crippen LogP contribution is -2.55. The fourth-order valence-corrected chi connectivity index (χ4v) is 11.0. The van der Waals surface area contributed by atoms with Crippen molar-refractivity contribution in [2.45, 2.75) is 37.5 Å². The number of fused-ring (bicyclic) bond motifs is 8. The predicted molar refractivity (Wildman–Crippen MR) is 185 cm³/mol. The summed E-state index contributed by atoms with van der Waals surface area (Å²) in [6, 6.07) is 45.6. The zero-order chi connectivity index (χ0) is 29.3. The second kappa shape index (κ2) is 8.76. The average Bonchev–Trinajstić information content (AvgIpc) is 3.60. The van der Waals surface area contributed by atoms with E-state index < -0.39 is 0 Å². The SMILES string of the molecule is c1ccc(-c2cc3oc4ccccc4c3cc2-c2ccc3c(c2)C2(c4ccc5ccccc5c4-3)C3CC4CC(C3)CC2C4)cc1. The summed E-state index contributed by atoms with van der Waals surface area (Å²) in [5.41, 5.74) is 13.3. The van der Waals surface area contributed by atoms with Gasteiger partial charge in [0.1, 0.15) is 11.2 Å². The number of furan rings is 1. The van der Waals surface area contributed by atoms with Crippen LogP contribution in [0.3, 0.4) is 0 Å². The first-order valence-corrected chi connectivity index (χ1v) is 16.9. The molecule has 0 unspecified atom stereocenters. The van der Waals surface area contributed by atoms with Crippen molar-refractivity contribution in [3.63, 3.8) is 0 Å². The molecule has 1 nitrogen and oxygen atoms in total. The molecule has 45 heavy (non-hydrogen) atoms. The molecular weight excluding hydrogens is 544 g/mol. The molecule has 4 bridgehead atoms. The second-order valence-electron chi connectivity index (χ2n) is 14.5. The van der Waals surface area contributed by atoms with Gasteiger partial charge in [-0.3, -0.25) is 0 Å². The number of hydrogen-bond donors (Lipinski definition) is 0. The molecule has 1 heteroatoms. The molecule has 6 aromatic carbocycles. The van der Waals surface area contributed by atoms with Gasteiger partial charge in [0.25, 0.3) is 0 Å². The van der Waals surface area contributed by atoms with Crippen molar-refractivity contribution in [3.05, 3.63) is 132 Å². The lowest BCUT2D eigenvalue weighted by molar-refractivity contribution is -0.0399. The van der Waals surface area contributed by atoms with E-state index in [9.17, 15) is 0 Å². The topological polar surface area (TPSA) is 13.1 Å². The first-order chi connectivity index (χ1) is 22.3. The van der Waals surface area contributed by atoms with Crippen molar-refractivity contribution in [1.82, 2.24) is 0 Å². The lowest BCUT2D eigenvalue weighted by atomic mass is 9.43. The van der Waals surface area contributed by atoms with Crippen LogP contribution in [0.25, 0.3) is 66.1 Å². The number of rotatable bonds is 2. The Kier molecular flexibility index (Phi) is 4.80. The molecule has 0 amide bonds. The summed E-state index contributed by atoms with van der Waals surface area (Å²) in [7, 11) is 0. The molecule has 4 fully saturated rings. The Hall–Kier alpha value is -4.62. The van der Waals surface area contributed by atoms with Crippen molar-refractivity contribution in [2.75, 3.05) is 0 Å². The quantitative estimate of drug-likeness (QED) is 0.199. The molecule has 1 heterocycles. The van der Waals surface area contributed by atoms with Gasteiger partial charge in [0, 0.05) is 16.2 Å². The third kappa shape index (κ3) is 3.19. The van der Waals surface area contributed by atoms with E-state index in [1.54, 1.807) is 11.1 Å². The van der Waals surface area contributed by atoms with Gasteiger partial charge in [-0.25, -0.2) is 0 Å². The maximum Gasteiger partial charge on any atom is 0.136 e. The maximum atomic E-state index is 6.42. The summed E-state index contributed by atoms with van der Waals surface area (Å²) >= 11 is 0. The van der Waals surface area contributed by atoms with Crippen LogP contribution in [-0.4, -0.2) is 0 Å². The fourth-order valence-electron chi connectivity index (χ4n) is 11.0. The van der Waals surface area contributed by atoms with E-state index >= 15 is 0 Å². The summed E-state index contributed by atoms with van der Waals surface area (Å²) in [5.74, 6) is 3.32. The van der Waals surface area contributed by atoms with E-state index in [4.69, 9.17) is 4.42 Å². The molecule has 0 saturated heterocycles. The molecule has 0 N–H and O–H groups in total. The third-order valence-corrected chi connectivity index (χ3v) is 12.4. The van der Waals surface area contributed by atoms with Gasteiger partial charge in [-0.15, -0.1) is 0 Å². The molecule has 4 saturated carbocycles. The Morgan fingerprint density at radius 2 is 1.18 bits per heavy atom. The smallest absolute Gasteiger partial charge is 0.136 e. The van der Waals surface area contributed by atoms with E-state index in [0.717, 1.165) is 34.8 Å². The third-order valence-electron chi connectivity index (χ3n) is 12.4. The van der Waals surface area contributed by atoms with Crippen molar-refractivity contribution in [1.29, 1.82) is 0 Å². The molecule has 7 aromatic rings. The summed E-state index contributed by atoms with van der Waals surface area (Å²) in [6.45, 7) is 0. The van der Waals surface area contributed by atoms with Gasteiger partial charge in [-0.1, -0.05) is 97.1 Å². The Labute approximate surface area is 263 Å². The van der Waals surface area contributed by atoms with Crippen molar-refractivity contribution >= 4 is 32.7 Å². The van der Waals surface area contributed by atoms with E-state index in [-0.39, 0.29) is 5.41 Å². The predicted octanol–water partition coefficient (Wildman–Crippen LogP) is 11.8. The molecule has 0 radical (unpaired) electrons. The highest BCUT2D eigenvalue weighted by atomic mass is 16.3. The summed E-state index contributed by atoms with van der Waals surface area (Å²) < 4.78 is 6.42. The van der Waals surface area contributed by atoms with Crippen LogP contribution in [-0.2, 0) is 5.41 Å². The fraction of sp³-hybridized carbons (Fsp3) is 0.227. The second-order valence-corrected chi connectivity index (χ2v) is 14.5. The molecule has 1 spiro atoms. The van der Waals surface area contributed by atoms with Gasteiger partial charge in [0.2, 0.25) is 0 Å². The number of hydrogen-bond acceptors (Lipinski definition) is 1. The van der Waals surface area contributed by atoms with E-state index in [0.29, 0.717) is 0 Å². The van der Waals surface area contributed by atoms with Crippen LogP contribution >= 0.6 is 0 Å². The summed E-state index contributed by atoms with van der Waals surface area (Å²) in [5, 5.41) is 5.16. The molecule has 0 atom stereocenters. The Balaban J connectivity index is 1.21. The summed E-state index contributed by atoms with van der Waals surface area (Å²) in [6.07, 6.45) is 7.05. The Bertz CT molecular complexity index is 2310. The van der Waals surface area contributed by atoms with Crippen LogP contribution in [0.15, 0.2) is 126 Å². The average molecular weight is 579 g/mol. The van der Waals surface area contributed by atoms with Crippen LogP contribution in [0.4, 0.5) is 0 Å². The summed E-state index contributed by atoms with van der Waals surface area (Å²) in [4.78, 5) is 0. The van der Waals surface area contributed by atoms with Crippen molar-refractivity contribution in [3.8, 4) is 33.4 Å². The van der Waals surface area contributed by atoms with Crippen LogP contribution < -0.4 is 0 Å². The van der Waals surface area contributed by atoms with Gasteiger partial charge in [0.15, 0.2) is 0 Å². The molecular formula is C44H34O. The maximum absolute atomic E-state index is 6.42. The zero-order valence-corrected chi connectivity index (χ0v) is 25.3. The normalized spacial score (nSPS) is 25.9. The van der Waals surface area contributed by atoms with Crippen LogP contribution in [0.2, 0.25) is 0 Å². The number of para-hydroxylation sites is 1. The highest BCUT2D eigenvalue weighted by Gasteiger charge is 2.61. The zero-order valence-electron chi connectivity index (χ0n) is 25.3. The standard InChI is InChI=1S/C44H34O/c1-2-8-28(9-3-1)37-25-42-38(34-12-6-7-13-41(34)45-42)24-36(37)30-14-16-35-40(23-30)44(31-19-26-18-27(21-31)22-32(44)20-26)39-17-15-29-10-4-5-11-33(29)43(35)39/h1-17,23-27,31-32H,18-22H2. The minimum atomic E-state index is 0.122. The van der Waals surface area contributed by atoms with Crippen LogP contribution in [0, 0.1) is 23.7 Å². The molecule has 1 aromatic heterocycles. The van der Waals surface area contributed by atoms with Gasteiger partial charge in [-0.05, 0) is 135 Å². The highest BCUT2D eigenvalue weighted by Crippen LogP contribution is 2.70. The largest absolute Gasteiger partial charge is 0.456 e. The highest BCUT2D eigenvalue weighted by molar-refractivity contribution is 6.09. The van der Waals surface area contributed by atoms with Gasteiger partial charge in [-0.2, -0.15) is 0 Å². The Morgan fingerprint density at radius 1 is 0.467 bits per heavy atom. The van der Waals surface area contributed by atoms with Gasteiger partial charge >= 0.3 is 0 Å². The van der Waals surface area contributed by atoms with Gasteiger partial charge in [0.05, 0.1) is 0 Å². The lowest BCUT2D eigenvalue weighted by Gasteiger charge is -2.61. The molecule has 5 aliphatic rings. The van der Waals surface area contributed by atoms with Crippen molar-refractivity contribution in [2.24, 2.45) is 23.7 Å². The monoisotopic (exact) mass is 578 g/mol. The molecule has 12 rings (SSSR count). The molecule has 5 aliphatic carbocycles. The van der Waals surface area contributed by atoms with Crippen LogP contribution in [0.1, 0.15) is 43.2 Å². The first-order valence-electron chi connectivity index (χ1n) is 16.9. The number of benzene rings is 6. The molecule has 0 aliphatic heterocycles. The minimum absolute atomic E-state index is 0.122. The Morgan fingerprint density at radius 3 is 2.00 bits per heavy atom. The van der Waals surface area contributed by atoms with E-state index in [2.05, 4.69) is 121 Å². The van der Waals surface area contributed by atoms with Crippen molar-refractivity contribution < 1.29 is 4.42 Å². The minimum Gasteiger partial charge on any atom is -0.456 e.